The van der Waals surface area contributed by atoms with E-state index in [0.717, 1.165) is 18.2 Å². The van der Waals surface area contributed by atoms with Crippen LogP contribution in [0, 0.1) is 5.82 Å². The summed E-state index contributed by atoms with van der Waals surface area (Å²) in [6.45, 7) is 0. The Bertz CT molecular complexity index is 714. The summed E-state index contributed by atoms with van der Waals surface area (Å²) < 4.78 is 13.2. The van der Waals surface area contributed by atoms with Crippen LogP contribution in [0.2, 0.25) is 5.02 Å². The fraction of sp³-hybridized carbons (Fsp3) is 0. The van der Waals surface area contributed by atoms with Crippen LogP contribution in [0.15, 0.2) is 36.4 Å². The van der Waals surface area contributed by atoms with Crippen molar-refractivity contribution in [3.63, 3.8) is 0 Å². The summed E-state index contributed by atoms with van der Waals surface area (Å²) in [6.07, 6.45) is 0. The van der Waals surface area contributed by atoms with Gasteiger partial charge in [0, 0.05) is 16.3 Å². The van der Waals surface area contributed by atoms with E-state index in [1.165, 1.54) is 18.2 Å². The Morgan fingerprint density at radius 1 is 1.19 bits per heavy atom. The highest BCUT2D eigenvalue weighted by Crippen LogP contribution is 2.21. The number of carbonyl (C=O) groups excluding carboxylic acids is 1. The first kappa shape index (κ1) is 14.8. The Morgan fingerprint density at radius 2 is 1.90 bits per heavy atom. The smallest absolute Gasteiger partial charge is 0.337 e. The largest absolute Gasteiger partial charge is 0.478 e. The molecule has 2 rings (SSSR count). The number of amides is 1. The number of rotatable bonds is 3. The maximum Gasteiger partial charge on any atom is 0.337 e. The zero-order valence-electron chi connectivity index (χ0n) is 10.6. The SMILES string of the molecule is Nc1cc(Cl)cc(C(=O)Nc2cc(F)ccc2C(=O)O)c1. The third kappa shape index (κ3) is 3.49. The second kappa shape index (κ2) is 5.80. The first-order valence-electron chi connectivity index (χ1n) is 5.77. The topological polar surface area (TPSA) is 92.4 Å². The molecule has 0 aromatic heterocycles. The second-order valence-electron chi connectivity index (χ2n) is 4.22. The number of hydrogen-bond acceptors (Lipinski definition) is 3. The Labute approximate surface area is 124 Å². The summed E-state index contributed by atoms with van der Waals surface area (Å²) in [7, 11) is 0. The predicted octanol–water partition coefficient (Wildman–Crippen LogP) is 3.01. The van der Waals surface area contributed by atoms with E-state index in [0.29, 0.717) is 0 Å². The summed E-state index contributed by atoms with van der Waals surface area (Å²) in [5.74, 6) is -2.59. The Kier molecular flexibility index (Phi) is 4.09. The van der Waals surface area contributed by atoms with Gasteiger partial charge in [-0.25, -0.2) is 9.18 Å². The van der Waals surface area contributed by atoms with Crippen molar-refractivity contribution in [1.82, 2.24) is 0 Å². The molecule has 0 spiro atoms. The zero-order chi connectivity index (χ0) is 15.6. The molecule has 0 saturated carbocycles. The molecule has 108 valence electrons. The number of carboxylic acids is 1. The number of nitrogens with one attached hydrogen (secondary N) is 1. The number of hydrogen-bond donors (Lipinski definition) is 3. The van der Waals surface area contributed by atoms with Crippen molar-refractivity contribution >= 4 is 34.9 Å². The van der Waals surface area contributed by atoms with Crippen molar-refractivity contribution < 1.29 is 19.1 Å². The molecule has 0 aliphatic carbocycles. The fourth-order valence-corrected chi connectivity index (χ4v) is 1.99. The molecule has 7 heteroatoms. The molecule has 1 amide bonds. The van der Waals surface area contributed by atoms with Crippen LogP contribution in [0.3, 0.4) is 0 Å². The minimum absolute atomic E-state index is 0.139. The number of anilines is 2. The quantitative estimate of drug-likeness (QED) is 0.760. The van der Waals surface area contributed by atoms with Crippen LogP contribution >= 0.6 is 11.6 Å². The summed E-state index contributed by atoms with van der Waals surface area (Å²) in [4.78, 5) is 23.1. The average Bonchev–Trinajstić information content (AvgIpc) is 2.37. The molecule has 2 aromatic carbocycles. The Hall–Kier alpha value is -2.60. The van der Waals surface area contributed by atoms with Crippen molar-refractivity contribution in [2.45, 2.75) is 0 Å². The molecule has 0 atom stereocenters. The van der Waals surface area contributed by atoms with Crippen molar-refractivity contribution in [3.8, 4) is 0 Å². The molecular weight excluding hydrogens is 299 g/mol. The molecule has 21 heavy (non-hydrogen) atoms. The monoisotopic (exact) mass is 308 g/mol. The van der Waals surface area contributed by atoms with Crippen LogP contribution in [0.5, 0.6) is 0 Å². The number of carbonyl (C=O) groups is 2. The normalized spacial score (nSPS) is 10.2. The summed E-state index contributed by atoms with van der Waals surface area (Å²) in [5.41, 5.74) is 5.63. The van der Waals surface area contributed by atoms with Gasteiger partial charge >= 0.3 is 5.97 Å². The maximum absolute atomic E-state index is 13.2. The van der Waals surface area contributed by atoms with Gasteiger partial charge in [-0.15, -0.1) is 0 Å². The van der Waals surface area contributed by atoms with E-state index >= 15 is 0 Å². The van der Waals surface area contributed by atoms with Crippen LogP contribution in [-0.2, 0) is 0 Å². The molecular formula is C14H10ClFN2O3. The van der Waals surface area contributed by atoms with Gasteiger partial charge in [-0.3, -0.25) is 4.79 Å². The highest BCUT2D eigenvalue weighted by Gasteiger charge is 2.15. The van der Waals surface area contributed by atoms with E-state index in [1.54, 1.807) is 0 Å². The van der Waals surface area contributed by atoms with Crippen molar-refractivity contribution in [3.05, 3.63) is 58.4 Å². The van der Waals surface area contributed by atoms with Gasteiger partial charge in [0.25, 0.3) is 5.91 Å². The van der Waals surface area contributed by atoms with Crippen molar-refractivity contribution in [2.75, 3.05) is 11.1 Å². The predicted molar refractivity (Wildman–Crippen MR) is 77.2 cm³/mol. The Morgan fingerprint density at radius 3 is 2.52 bits per heavy atom. The van der Waals surface area contributed by atoms with Gasteiger partial charge in [0.05, 0.1) is 11.3 Å². The molecule has 5 nitrogen and oxygen atoms in total. The number of nitrogens with two attached hydrogens (primary N) is 1. The number of aromatic carboxylic acids is 1. The molecule has 0 unspecified atom stereocenters. The van der Waals surface area contributed by atoms with Crippen LogP contribution in [0.25, 0.3) is 0 Å². The van der Waals surface area contributed by atoms with Gasteiger partial charge in [0.15, 0.2) is 0 Å². The average molecular weight is 309 g/mol. The summed E-state index contributed by atoms with van der Waals surface area (Å²) in [5, 5.41) is 11.6. The molecule has 0 fully saturated rings. The van der Waals surface area contributed by atoms with Gasteiger partial charge in [-0.2, -0.15) is 0 Å². The third-order valence-electron chi connectivity index (χ3n) is 2.64. The lowest BCUT2D eigenvalue weighted by Gasteiger charge is -2.09. The van der Waals surface area contributed by atoms with Crippen LogP contribution in [0.4, 0.5) is 15.8 Å². The molecule has 0 radical (unpaired) electrons. The molecule has 0 aliphatic rings. The van der Waals surface area contributed by atoms with Gasteiger partial charge < -0.3 is 16.2 Å². The summed E-state index contributed by atoms with van der Waals surface area (Å²) >= 11 is 5.79. The zero-order valence-corrected chi connectivity index (χ0v) is 11.3. The van der Waals surface area contributed by atoms with E-state index in [-0.39, 0.29) is 27.5 Å². The number of nitrogen functional groups attached to an aromatic ring is 1. The minimum Gasteiger partial charge on any atom is -0.478 e. The minimum atomic E-state index is -1.28. The maximum atomic E-state index is 13.2. The number of halogens is 2. The molecule has 0 saturated heterocycles. The third-order valence-corrected chi connectivity index (χ3v) is 2.86. The first-order chi connectivity index (χ1) is 9.86. The van der Waals surface area contributed by atoms with E-state index < -0.39 is 17.7 Å². The van der Waals surface area contributed by atoms with Gasteiger partial charge in [0.2, 0.25) is 0 Å². The lowest BCUT2D eigenvalue weighted by Crippen LogP contribution is -2.15. The summed E-state index contributed by atoms with van der Waals surface area (Å²) in [6, 6.07) is 7.20. The van der Waals surface area contributed by atoms with E-state index in [4.69, 9.17) is 22.4 Å². The van der Waals surface area contributed by atoms with Gasteiger partial charge in [0.1, 0.15) is 5.82 Å². The highest BCUT2D eigenvalue weighted by molar-refractivity contribution is 6.31. The molecule has 0 bridgehead atoms. The van der Waals surface area contributed by atoms with E-state index in [1.807, 2.05) is 0 Å². The lowest BCUT2D eigenvalue weighted by atomic mass is 10.1. The molecule has 0 aliphatic heterocycles. The van der Waals surface area contributed by atoms with Gasteiger partial charge in [-0.05, 0) is 36.4 Å². The van der Waals surface area contributed by atoms with Crippen LogP contribution < -0.4 is 11.1 Å². The Balaban J connectivity index is 2.35. The number of carboxylic acid groups (broad SMARTS) is 1. The number of benzene rings is 2. The first-order valence-corrected chi connectivity index (χ1v) is 6.15. The lowest BCUT2D eigenvalue weighted by molar-refractivity contribution is 0.0698. The van der Waals surface area contributed by atoms with E-state index in [9.17, 15) is 14.0 Å². The standard InChI is InChI=1S/C14H10ClFN2O3/c15-8-3-7(4-10(17)5-8)13(19)18-12-6-9(16)1-2-11(12)14(20)21/h1-6H,17H2,(H,18,19)(H,20,21). The molecule has 0 heterocycles. The van der Waals surface area contributed by atoms with Crippen LogP contribution in [-0.4, -0.2) is 17.0 Å². The van der Waals surface area contributed by atoms with Crippen molar-refractivity contribution in [1.29, 1.82) is 0 Å². The van der Waals surface area contributed by atoms with Crippen LogP contribution in [0.1, 0.15) is 20.7 Å². The second-order valence-corrected chi connectivity index (χ2v) is 4.66. The van der Waals surface area contributed by atoms with Gasteiger partial charge in [-0.1, -0.05) is 11.6 Å². The molecule has 4 N–H and O–H groups in total. The highest BCUT2D eigenvalue weighted by atomic mass is 35.5. The van der Waals surface area contributed by atoms with Crippen molar-refractivity contribution in [2.24, 2.45) is 0 Å². The fourth-order valence-electron chi connectivity index (χ4n) is 1.74. The van der Waals surface area contributed by atoms with E-state index in [2.05, 4.69) is 5.32 Å². The molecule has 2 aromatic rings.